The van der Waals surface area contributed by atoms with Gasteiger partial charge in [-0.15, -0.1) is 0 Å². The van der Waals surface area contributed by atoms with E-state index < -0.39 is 10.2 Å². The number of para-hydroxylation sites is 1. The standard InChI is InChI=1S/C19H30N4O3S/c1-21(17-8-4-2-5-9-17)27(25,26)20-16-19(24)23-14-12-22(13-15-23)18-10-6-3-7-11-18/h3,6-7,10-11,17,20H,2,4-5,8-9,12-16H2,1H3. The van der Waals surface area contributed by atoms with Gasteiger partial charge in [0.2, 0.25) is 5.91 Å². The maximum atomic E-state index is 12.5. The number of carbonyl (C=O) groups excluding carboxylic acids is 1. The maximum absolute atomic E-state index is 12.5. The van der Waals surface area contributed by atoms with E-state index in [1.54, 1.807) is 11.9 Å². The van der Waals surface area contributed by atoms with Crippen molar-refractivity contribution in [1.29, 1.82) is 0 Å². The highest BCUT2D eigenvalue weighted by Gasteiger charge is 2.29. The lowest BCUT2D eigenvalue weighted by molar-refractivity contribution is -0.130. The molecule has 0 spiro atoms. The van der Waals surface area contributed by atoms with Crippen LogP contribution in [0.5, 0.6) is 0 Å². The van der Waals surface area contributed by atoms with Gasteiger partial charge in [0.25, 0.3) is 10.2 Å². The van der Waals surface area contributed by atoms with Crippen molar-refractivity contribution in [3.63, 3.8) is 0 Å². The Bertz CT molecular complexity index is 712. The van der Waals surface area contributed by atoms with E-state index in [0.29, 0.717) is 13.1 Å². The van der Waals surface area contributed by atoms with Gasteiger partial charge in [-0.05, 0) is 25.0 Å². The molecule has 0 unspecified atom stereocenters. The van der Waals surface area contributed by atoms with Gasteiger partial charge in [0.15, 0.2) is 0 Å². The fourth-order valence-corrected chi connectivity index (χ4v) is 4.97. The molecule has 1 N–H and O–H groups in total. The van der Waals surface area contributed by atoms with Crippen molar-refractivity contribution in [3.8, 4) is 0 Å². The second-order valence-electron chi connectivity index (χ2n) is 7.34. The number of benzene rings is 1. The van der Waals surface area contributed by atoms with Crippen LogP contribution in [-0.2, 0) is 15.0 Å². The summed E-state index contributed by atoms with van der Waals surface area (Å²) in [6.45, 7) is 2.54. The normalized spacial score (nSPS) is 19.5. The molecular formula is C19H30N4O3S. The number of hydrogen-bond acceptors (Lipinski definition) is 4. The van der Waals surface area contributed by atoms with Crippen LogP contribution in [0, 0.1) is 0 Å². The summed E-state index contributed by atoms with van der Waals surface area (Å²) >= 11 is 0. The zero-order chi connectivity index (χ0) is 19.3. The van der Waals surface area contributed by atoms with E-state index in [1.807, 2.05) is 18.2 Å². The predicted molar refractivity (Wildman–Crippen MR) is 107 cm³/mol. The Kier molecular flexibility index (Phi) is 6.73. The van der Waals surface area contributed by atoms with Gasteiger partial charge in [-0.1, -0.05) is 37.5 Å². The molecule has 1 heterocycles. The van der Waals surface area contributed by atoms with Crippen molar-refractivity contribution in [3.05, 3.63) is 30.3 Å². The highest BCUT2D eigenvalue weighted by Crippen LogP contribution is 2.23. The van der Waals surface area contributed by atoms with Gasteiger partial charge in [0, 0.05) is 45.0 Å². The first kappa shape index (κ1) is 20.1. The van der Waals surface area contributed by atoms with E-state index in [9.17, 15) is 13.2 Å². The SMILES string of the molecule is CN(C1CCCCC1)S(=O)(=O)NCC(=O)N1CCN(c2ccccc2)CC1. The van der Waals surface area contributed by atoms with Crippen LogP contribution < -0.4 is 9.62 Å². The van der Waals surface area contributed by atoms with E-state index in [4.69, 9.17) is 0 Å². The third-order valence-electron chi connectivity index (χ3n) is 5.63. The molecule has 1 aromatic carbocycles. The molecule has 0 aromatic heterocycles. The van der Waals surface area contributed by atoms with Crippen LogP contribution in [0.2, 0.25) is 0 Å². The number of anilines is 1. The summed E-state index contributed by atoms with van der Waals surface area (Å²) in [5.41, 5.74) is 1.15. The highest BCUT2D eigenvalue weighted by atomic mass is 32.2. The van der Waals surface area contributed by atoms with E-state index in [2.05, 4.69) is 21.8 Å². The zero-order valence-electron chi connectivity index (χ0n) is 16.0. The maximum Gasteiger partial charge on any atom is 0.279 e. The Labute approximate surface area is 162 Å². The molecule has 0 atom stereocenters. The van der Waals surface area contributed by atoms with Gasteiger partial charge in [-0.3, -0.25) is 4.79 Å². The van der Waals surface area contributed by atoms with Gasteiger partial charge in [0.1, 0.15) is 0 Å². The van der Waals surface area contributed by atoms with Crippen molar-refractivity contribution in [2.45, 2.75) is 38.1 Å². The molecule has 3 rings (SSSR count). The number of rotatable bonds is 6. The molecule has 1 saturated carbocycles. The Balaban J connectivity index is 1.46. The molecule has 2 aliphatic rings. The quantitative estimate of drug-likeness (QED) is 0.792. The molecule has 27 heavy (non-hydrogen) atoms. The molecule has 150 valence electrons. The fourth-order valence-electron chi connectivity index (χ4n) is 3.86. The predicted octanol–water partition coefficient (Wildman–Crippen LogP) is 1.43. The third kappa shape index (κ3) is 5.21. The van der Waals surface area contributed by atoms with Crippen LogP contribution in [-0.4, -0.2) is 69.3 Å². The van der Waals surface area contributed by atoms with Crippen LogP contribution in [0.3, 0.4) is 0 Å². The minimum Gasteiger partial charge on any atom is -0.368 e. The molecule has 1 aliphatic heterocycles. The number of nitrogens with zero attached hydrogens (tertiary/aromatic N) is 3. The van der Waals surface area contributed by atoms with Crippen LogP contribution in [0.25, 0.3) is 0 Å². The molecule has 7 nitrogen and oxygen atoms in total. The molecule has 8 heteroatoms. The summed E-state index contributed by atoms with van der Waals surface area (Å²) in [7, 11) is -2.01. The topological polar surface area (TPSA) is 73.0 Å². The second kappa shape index (κ2) is 9.03. The molecule has 1 saturated heterocycles. The number of nitrogens with one attached hydrogen (secondary N) is 1. The van der Waals surface area contributed by atoms with Crippen LogP contribution in [0.1, 0.15) is 32.1 Å². The lowest BCUT2D eigenvalue weighted by Crippen LogP contribution is -2.52. The molecule has 1 aliphatic carbocycles. The molecular weight excluding hydrogens is 364 g/mol. The Hall–Kier alpha value is -1.64. The lowest BCUT2D eigenvalue weighted by atomic mass is 9.96. The van der Waals surface area contributed by atoms with Gasteiger partial charge >= 0.3 is 0 Å². The molecule has 0 bridgehead atoms. The van der Waals surface area contributed by atoms with Crippen molar-refractivity contribution in [1.82, 2.24) is 13.9 Å². The number of carbonyl (C=O) groups is 1. The lowest BCUT2D eigenvalue weighted by Gasteiger charge is -2.36. The van der Waals surface area contributed by atoms with Gasteiger partial charge in [-0.2, -0.15) is 17.4 Å². The minimum atomic E-state index is -3.62. The minimum absolute atomic E-state index is 0.0424. The van der Waals surface area contributed by atoms with Crippen LogP contribution >= 0.6 is 0 Å². The summed E-state index contributed by atoms with van der Waals surface area (Å²) in [6, 6.07) is 10.2. The first-order chi connectivity index (χ1) is 13.0. The number of hydrogen-bond donors (Lipinski definition) is 1. The van der Waals surface area contributed by atoms with Gasteiger partial charge in [0.05, 0.1) is 6.54 Å². The molecule has 0 radical (unpaired) electrons. The van der Waals surface area contributed by atoms with Crippen molar-refractivity contribution in [2.75, 3.05) is 44.7 Å². The monoisotopic (exact) mass is 394 g/mol. The first-order valence-corrected chi connectivity index (χ1v) is 11.2. The Morgan fingerprint density at radius 1 is 1.07 bits per heavy atom. The van der Waals surface area contributed by atoms with Crippen molar-refractivity contribution < 1.29 is 13.2 Å². The van der Waals surface area contributed by atoms with E-state index in [-0.39, 0.29) is 18.5 Å². The third-order valence-corrected chi connectivity index (χ3v) is 7.19. The fraction of sp³-hybridized carbons (Fsp3) is 0.632. The smallest absolute Gasteiger partial charge is 0.279 e. The summed E-state index contributed by atoms with van der Waals surface area (Å²) < 4.78 is 28.9. The van der Waals surface area contributed by atoms with E-state index in [0.717, 1.165) is 44.5 Å². The number of piperazine rings is 1. The summed E-state index contributed by atoms with van der Waals surface area (Å²) in [4.78, 5) is 16.4. The first-order valence-electron chi connectivity index (χ1n) is 9.78. The largest absolute Gasteiger partial charge is 0.368 e. The number of amides is 1. The van der Waals surface area contributed by atoms with Crippen molar-refractivity contribution in [2.24, 2.45) is 0 Å². The summed E-state index contributed by atoms with van der Waals surface area (Å²) in [6.07, 6.45) is 5.09. The average molecular weight is 395 g/mol. The van der Waals surface area contributed by atoms with Crippen LogP contribution in [0.4, 0.5) is 5.69 Å². The zero-order valence-corrected chi connectivity index (χ0v) is 16.8. The summed E-state index contributed by atoms with van der Waals surface area (Å²) in [5, 5.41) is 0. The van der Waals surface area contributed by atoms with E-state index in [1.165, 1.54) is 10.7 Å². The second-order valence-corrected chi connectivity index (χ2v) is 9.15. The van der Waals surface area contributed by atoms with Gasteiger partial charge in [-0.25, -0.2) is 0 Å². The molecule has 2 fully saturated rings. The molecule has 1 amide bonds. The average Bonchev–Trinajstić information content (AvgIpc) is 2.73. The molecule has 1 aromatic rings. The summed E-state index contributed by atoms with van der Waals surface area (Å²) in [5.74, 6) is -0.164. The highest BCUT2D eigenvalue weighted by molar-refractivity contribution is 7.87. The Morgan fingerprint density at radius 2 is 1.70 bits per heavy atom. The van der Waals surface area contributed by atoms with Gasteiger partial charge < -0.3 is 9.80 Å². The van der Waals surface area contributed by atoms with E-state index >= 15 is 0 Å². The van der Waals surface area contributed by atoms with Crippen LogP contribution in [0.15, 0.2) is 30.3 Å². The Morgan fingerprint density at radius 3 is 2.33 bits per heavy atom. The van der Waals surface area contributed by atoms with Crippen molar-refractivity contribution >= 4 is 21.8 Å².